The molecule has 0 aliphatic rings. The smallest absolute Gasteiger partial charge is 0.135 e. The van der Waals surface area contributed by atoms with Gasteiger partial charge in [-0.15, -0.1) is 0 Å². The molecule has 4 heteroatoms. The molecule has 0 N–H and O–H groups in total. The quantitative estimate of drug-likeness (QED) is 0.121. The van der Waals surface area contributed by atoms with Crippen LogP contribution in [0.4, 0.5) is 34.1 Å². The molecule has 78 heavy (non-hydrogen) atoms. The Morgan fingerprint density at radius 1 is 0.256 bits per heavy atom. The van der Waals surface area contributed by atoms with Crippen molar-refractivity contribution in [1.29, 1.82) is 0 Å². The minimum atomic E-state index is 0.908. The predicted molar refractivity (Wildman–Crippen MR) is 329 cm³/mol. The fourth-order valence-electron chi connectivity index (χ4n) is 11.0. The van der Waals surface area contributed by atoms with Gasteiger partial charge in [0.05, 0.1) is 0 Å². The number of nitrogens with zero attached hydrogens (tertiary/aromatic N) is 2. The molecule has 12 aromatic carbocycles. The third-order valence-electron chi connectivity index (χ3n) is 15.2. The van der Waals surface area contributed by atoms with E-state index < -0.39 is 0 Å². The first kappa shape index (κ1) is 46.4. The van der Waals surface area contributed by atoms with Crippen molar-refractivity contribution in [1.82, 2.24) is 0 Å². The van der Waals surface area contributed by atoms with E-state index in [1.807, 2.05) is 24.3 Å². The van der Waals surface area contributed by atoms with E-state index >= 15 is 0 Å². The first-order valence-corrected chi connectivity index (χ1v) is 26.6. The monoisotopic (exact) mass is 1000 g/mol. The minimum Gasteiger partial charge on any atom is -0.456 e. The zero-order valence-corrected chi connectivity index (χ0v) is 43.3. The van der Waals surface area contributed by atoms with Crippen molar-refractivity contribution in [3.63, 3.8) is 0 Å². The van der Waals surface area contributed by atoms with Crippen LogP contribution in [0.25, 0.3) is 100 Å². The van der Waals surface area contributed by atoms with E-state index in [4.69, 9.17) is 8.83 Å². The van der Waals surface area contributed by atoms with Gasteiger partial charge in [-0.25, -0.2) is 0 Å². The Labute approximate surface area is 453 Å². The van der Waals surface area contributed by atoms with Crippen molar-refractivity contribution in [2.24, 2.45) is 0 Å². The molecule has 0 radical (unpaired) electrons. The molecule has 0 aliphatic heterocycles. The Morgan fingerprint density at radius 3 is 1.08 bits per heavy atom. The van der Waals surface area contributed by atoms with Crippen LogP contribution < -0.4 is 9.80 Å². The molecule has 0 aliphatic carbocycles. The summed E-state index contributed by atoms with van der Waals surface area (Å²) in [6, 6.07) is 95.9. The summed E-state index contributed by atoms with van der Waals surface area (Å²) in [7, 11) is 0. The highest BCUT2D eigenvalue weighted by Gasteiger charge is 2.17. The molecule has 0 saturated carbocycles. The second kappa shape index (κ2) is 19.5. The van der Waals surface area contributed by atoms with Gasteiger partial charge in [0.15, 0.2) is 0 Å². The first-order valence-electron chi connectivity index (χ1n) is 26.6. The predicted octanol–water partition coefficient (Wildman–Crippen LogP) is 21.4. The molecule has 0 fully saturated rings. The number of para-hydroxylation sites is 2. The maximum atomic E-state index is 6.12. The van der Waals surface area contributed by atoms with Gasteiger partial charge in [-0.3, -0.25) is 0 Å². The van der Waals surface area contributed by atoms with E-state index in [0.29, 0.717) is 0 Å². The molecule has 4 nitrogen and oxygen atoms in total. The van der Waals surface area contributed by atoms with Crippen LogP contribution in [-0.2, 0) is 0 Å². The van der Waals surface area contributed by atoms with E-state index in [2.05, 4.69) is 278 Å². The molecular weight excluding hydrogens is 949 g/mol. The third-order valence-corrected chi connectivity index (χ3v) is 15.2. The lowest BCUT2D eigenvalue weighted by Crippen LogP contribution is -2.10. The molecule has 14 rings (SSSR count). The maximum Gasteiger partial charge on any atom is 0.135 e. The normalized spacial score (nSPS) is 11.7. The highest BCUT2D eigenvalue weighted by Crippen LogP contribution is 2.41. The van der Waals surface area contributed by atoms with Gasteiger partial charge in [-0.05, 0) is 184 Å². The van der Waals surface area contributed by atoms with Gasteiger partial charge in [0, 0.05) is 55.7 Å². The zero-order chi connectivity index (χ0) is 52.1. The number of furan rings is 2. The van der Waals surface area contributed by atoms with Gasteiger partial charge in [0.1, 0.15) is 22.3 Å². The number of fused-ring (bicyclic) bond motifs is 7. The summed E-state index contributed by atoms with van der Waals surface area (Å²) in [6.07, 6.45) is 4.38. The summed E-state index contributed by atoms with van der Waals surface area (Å²) >= 11 is 0. The molecule has 0 bridgehead atoms. The van der Waals surface area contributed by atoms with E-state index in [1.54, 1.807) is 0 Å². The van der Waals surface area contributed by atoms with Gasteiger partial charge in [0.2, 0.25) is 0 Å². The number of rotatable bonds is 11. The van der Waals surface area contributed by atoms with E-state index in [-0.39, 0.29) is 0 Å². The average molecular weight is 1000 g/mol. The zero-order valence-electron chi connectivity index (χ0n) is 43.3. The molecule has 0 unspecified atom stereocenters. The molecule has 2 aromatic heterocycles. The lowest BCUT2D eigenvalue weighted by molar-refractivity contribution is 0.668. The highest BCUT2D eigenvalue weighted by atomic mass is 16.3. The third kappa shape index (κ3) is 8.85. The van der Waals surface area contributed by atoms with Crippen LogP contribution in [-0.4, -0.2) is 0 Å². The Bertz CT molecular complexity index is 4530. The van der Waals surface area contributed by atoms with Crippen LogP contribution >= 0.6 is 0 Å². The summed E-state index contributed by atoms with van der Waals surface area (Å²) in [6.45, 7) is 4.27. The molecule has 2 heterocycles. The van der Waals surface area contributed by atoms with Crippen LogP contribution in [0, 0.1) is 13.8 Å². The molecule has 0 spiro atoms. The van der Waals surface area contributed by atoms with Gasteiger partial charge in [-0.2, -0.15) is 0 Å². The van der Waals surface area contributed by atoms with Crippen molar-refractivity contribution in [3.05, 3.63) is 289 Å². The maximum absolute atomic E-state index is 6.12. The van der Waals surface area contributed by atoms with Gasteiger partial charge in [-0.1, -0.05) is 175 Å². The first-order chi connectivity index (χ1) is 38.4. The highest BCUT2D eigenvalue weighted by molar-refractivity contribution is 6.07. The van der Waals surface area contributed by atoms with E-state index in [9.17, 15) is 0 Å². The van der Waals surface area contributed by atoms with Crippen LogP contribution in [0.5, 0.6) is 0 Å². The van der Waals surface area contributed by atoms with Crippen LogP contribution in [0.3, 0.4) is 0 Å². The van der Waals surface area contributed by atoms with Crippen molar-refractivity contribution >= 4 is 101 Å². The van der Waals surface area contributed by atoms with Gasteiger partial charge >= 0.3 is 0 Å². The fraction of sp³-hybridized carbons (Fsp3) is 0.0270. The lowest BCUT2D eigenvalue weighted by atomic mass is 9.99. The summed E-state index contributed by atoms with van der Waals surface area (Å²) < 4.78 is 12.2. The second-order valence-electron chi connectivity index (χ2n) is 20.3. The van der Waals surface area contributed by atoms with Gasteiger partial charge < -0.3 is 18.6 Å². The summed E-state index contributed by atoms with van der Waals surface area (Å²) in [5.74, 6) is 0. The van der Waals surface area contributed by atoms with E-state index in [0.717, 1.165) is 89.1 Å². The Hall–Kier alpha value is -10.2. The SMILES string of the molecule is Cc1ccc(N(c2ccc(/C=C/c3ccc(N(c4ccc(C)cc4)c4ccc5cc(-c6ccc7oc8ccccc8c7c6)ccc5c4)cc3)cc2)c2ccc(-c3ccc(-c4ccc5oc6ccccc6c5c4)cc3)cc2)cc1. The molecule has 14 aromatic rings. The minimum absolute atomic E-state index is 0.908. The van der Waals surface area contributed by atoms with Crippen molar-refractivity contribution in [3.8, 4) is 33.4 Å². The molecule has 0 saturated heterocycles. The largest absolute Gasteiger partial charge is 0.456 e. The van der Waals surface area contributed by atoms with Crippen molar-refractivity contribution in [2.75, 3.05) is 9.80 Å². The molecular formula is C74H52N2O2. The number of hydrogen-bond acceptors (Lipinski definition) is 4. The van der Waals surface area contributed by atoms with Gasteiger partial charge in [0.25, 0.3) is 0 Å². The number of aryl methyl sites for hydroxylation is 2. The van der Waals surface area contributed by atoms with Crippen LogP contribution in [0.2, 0.25) is 0 Å². The summed E-state index contributed by atoms with van der Waals surface area (Å²) in [4.78, 5) is 4.67. The van der Waals surface area contributed by atoms with Crippen LogP contribution in [0.1, 0.15) is 22.3 Å². The van der Waals surface area contributed by atoms with Crippen molar-refractivity contribution < 1.29 is 8.83 Å². The average Bonchev–Trinajstić information content (AvgIpc) is 4.11. The van der Waals surface area contributed by atoms with E-state index in [1.165, 1.54) is 55.3 Å². The lowest BCUT2D eigenvalue weighted by Gasteiger charge is -2.26. The topological polar surface area (TPSA) is 32.8 Å². The fourth-order valence-corrected chi connectivity index (χ4v) is 11.0. The van der Waals surface area contributed by atoms with Crippen molar-refractivity contribution in [2.45, 2.75) is 13.8 Å². The standard InChI is InChI=1S/C74H52N2O2/c1-49-11-32-61(33-12-49)75(65-40-27-54(28-41-65)53-21-23-55(24-22-53)59-30-43-73-69(47-59)67-7-3-5-9-71(67)77-73)63-36-17-51(18-37-63)15-16-52-19-38-64(39-20-52)76(62-34-13-50(2)14-35-62)66-42-29-57-45-56(25-26-58(57)46-66)60-31-44-74-70(48-60)68-8-4-6-10-72(68)78-74/h3-48H,1-2H3/b16-15+. The second-order valence-corrected chi connectivity index (χ2v) is 20.3. The summed E-state index contributed by atoms with van der Waals surface area (Å²) in [5, 5.41) is 6.93. The summed E-state index contributed by atoms with van der Waals surface area (Å²) in [5.41, 5.74) is 22.0. The Morgan fingerprint density at radius 2 is 0.577 bits per heavy atom. The van der Waals surface area contributed by atoms with Crippen LogP contribution in [0.15, 0.2) is 276 Å². The number of hydrogen-bond donors (Lipinski definition) is 0. The Balaban J connectivity index is 0.695. The Kier molecular flexibility index (Phi) is 11.6. The molecule has 0 amide bonds. The number of anilines is 6. The molecule has 0 atom stereocenters. The molecule has 370 valence electrons. The number of benzene rings is 12.